The zero-order valence-electron chi connectivity index (χ0n) is 28.4. The molecule has 0 amide bonds. The summed E-state index contributed by atoms with van der Waals surface area (Å²) in [6.07, 6.45) is 34.5. The van der Waals surface area contributed by atoms with Gasteiger partial charge in [-0.1, -0.05) is 173 Å². The fourth-order valence-electron chi connectivity index (χ4n) is 6.30. The van der Waals surface area contributed by atoms with Crippen LogP contribution in [0.25, 0.3) is 10.8 Å². The maximum Gasteiger partial charge on any atom is 1.00 e. The van der Waals surface area contributed by atoms with Gasteiger partial charge < -0.3 is 4.55 Å². The van der Waals surface area contributed by atoms with Crippen molar-refractivity contribution < 1.29 is 42.5 Å². The Morgan fingerprint density at radius 2 is 0.791 bits per heavy atom. The third-order valence-electron chi connectivity index (χ3n) is 9.02. The van der Waals surface area contributed by atoms with Crippen molar-refractivity contribution in [2.75, 3.05) is 0 Å². The molecule has 0 fully saturated rings. The number of hydrogen-bond donors (Lipinski definition) is 0. The SMILES string of the molecule is CCCCCCCCCCCCCCc1cc2ccc(S(=O)(=O)[O-])cc2cc1CCCCCCCCCCCCCC.[Na+]. The van der Waals surface area contributed by atoms with E-state index in [9.17, 15) is 13.0 Å². The molecule has 0 saturated heterocycles. The number of hydrogen-bond acceptors (Lipinski definition) is 3. The van der Waals surface area contributed by atoms with Crippen LogP contribution in [-0.2, 0) is 23.0 Å². The number of benzene rings is 2. The van der Waals surface area contributed by atoms with Gasteiger partial charge >= 0.3 is 29.6 Å². The molecule has 240 valence electrons. The van der Waals surface area contributed by atoms with Crippen molar-refractivity contribution in [1.82, 2.24) is 0 Å². The van der Waals surface area contributed by atoms with E-state index in [4.69, 9.17) is 0 Å². The van der Waals surface area contributed by atoms with E-state index in [1.54, 1.807) is 12.1 Å². The predicted octanol–water partition coefficient (Wildman–Crippen LogP) is 9.24. The third-order valence-corrected chi connectivity index (χ3v) is 9.85. The molecular formula is C38H63NaO3S. The number of fused-ring (bicyclic) bond motifs is 1. The van der Waals surface area contributed by atoms with Crippen molar-refractivity contribution in [3.05, 3.63) is 41.5 Å². The molecule has 3 nitrogen and oxygen atoms in total. The van der Waals surface area contributed by atoms with Crippen LogP contribution in [0.2, 0.25) is 0 Å². The molecular weight excluding hydrogens is 559 g/mol. The smallest absolute Gasteiger partial charge is 0.744 e. The second kappa shape index (κ2) is 25.8. The summed E-state index contributed by atoms with van der Waals surface area (Å²) in [5, 5.41) is 1.91. The van der Waals surface area contributed by atoms with Crippen molar-refractivity contribution >= 4 is 20.9 Å². The van der Waals surface area contributed by atoms with Crippen LogP contribution in [0.4, 0.5) is 0 Å². The third kappa shape index (κ3) is 19.0. The molecule has 0 saturated carbocycles. The van der Waals surface area contributed by atoms with Crippen LogP contribution in [0.3, 0.4) is 0 Å². The fourth-order valence-corrected chi connectivity index (χ4v) is 6.81. The average molecular weight is 623 g/mol. The Kier molecular flexibility index (Phi) is 24.3. The minimum absolute atomic E-state index is 0. The molecule has 2 aromatic carbocycles. The maximum absolute atomic E-state index is 11.6. The van der Waals surface area contributed by atoms with Crippen LogP contribution in [0.5, 0.6) is 0 Å². The molecule has 0 aliphatic rings. The largest absolute Gasteiger partial charge is 1.00 e. The summed E-state index contributed by atoms with van der Waals surface area (Å²) >= 11 is 0. The Morgan fingerprint density at radius 1 is 0.465 bits per heavy atom. The van der Waals surface area contributed by atoms with Gasteiger partial charge in [0.25, 0.3) is 0 Å². The van der Waals surface area contributed by atoms with E-state index in [1.807, 2.05) is 0 Å². The van der Waals surface area contributed by atoms with E-state index in [1.165, 1.54) is 171 Å². The van der Waals surface area contributed by atoms with Crippen LogP contribution in [0, 0.1) is 0 Å². The molecule has 0 aliphatic heterocycles. The van der Waals surface area contributed by atoms with Gasteiger partial charge in [-0.3, -0.25) is 0 Å². The first-order valence-electron chi connectivity index (χ1n) is 18.0. The molecule has 5 heteroatoms. The van der Waals surface area contributed by atoms with Gasteiger partial charge in [0.05, 0.1) is 4.90 Å². The van der Waals surface area contributed by atoms with Gasteiger partial charge in [-0.05, 0) is 59.7 Å². The molecule has 0 unspecified atom stereocenters. The van der Waals surface area contributed by atoms with E-state index in [2.05, 4.69) is 26.0 Å². The molecule has 0 aliphatic carbocycles. The van der Waals surface area contributed by atoms with Crippen molar-refractivity contribution in [3.63, 3.8) is 0 Å². The maximum atomic E-state index is 11.6. The van der Waals surface area contributed by atoms with E-state index in [0.29, 0.717) is 0 Å². The van der Waals surface area contributed by atoms with Crippen LogP contribution >= 0.6 is 0 Å². The predicted molar refractivity (Wildman–Crippen MR) is 181 cm³/mol. The monoisotopic (exact) mass is 622 g/mol. The van der Waals surface area contributed by atoms with Gasteiger partial charge in [0, 0.05) is 0 Å². The first-order chi connectivity index (χ1) is 20.5. The summed E-state index contributed by atoms with van der Waals surface area (Å²) in [4.78, 5) is -0.125. The molecule has 0 atom stereocenters. The Bertz CT molecular complexity index is 1070. The minimum atomic E-state index is -4.44. The summed E-state index contributed by atoms with van der Waals surface area (Å²) in [5.74, 6) is 0. The Balaban J connectivity index is 0.00000924. The summed E-state index contributed by atoms with van der Waals surface area (Å²) < 4.78 is 34.8. The molecule has 0 heterocycles. The molecule has 43 heavy (non-hydrogen) atoms. The Morgan fingerprint density at radius 3 is 1.14 bits per heavy atom. The number of aryl methyl sites for hydroxylation is 2. The minimum Gasteiger partial charge on any atom is -0.744 e. The van der Waals surface area contributed by atoms with Crippen molar-refractivity contribution in [2.45, 2.75) is 186 Å². The number of rotatable bonds is 27. The van der Waals surface area contributed by atoms with Crippen LogP contribution in [0.15, 0.2) is 35.2 Å². The molecule has 0 aromatic heterocycles. The molecule has 2 aromatic rings. The van der Waals surface area contributed by atoms with E-state index >= 15 is 0 Å². The molecule has 0 N–H and O–H groups in total. The number of unbranched alkanes of at least 4 members (excludes halogenated alkanes) is 22. The van der Waals surface area contributed by atoms with Gasteiger partial charge in [-0.25, -0.2) is 8.42 Å². The quantitative estimate of drug-likeness (QED) is 0.0567. The van der Waals surface area contributed by atoms with Crippen molar-refractivity contribution in [1.29, 1.82) is 0 Å². The fraction of sp³-hybridized carbons (Fsp3) is 0.737. The van der Waals surface area contributed by atoms with Crippen LogP contribution < -0.4 is 29.6 Å². The standard InChI is InChI=1S/C38H64O3S.Na/c1-3-5-7-9-11-13-15-17-19-21-23-25-27-34-31-36-29-30-38(42(39,40)41)33-37(36)32-35(34)28-26-24-22-20-18-16-14-12-10-8-6-4-2;/h29-33H,3-28H2,1-2H3,(H,39,40,41);/q;+1/p-1. The van der Waals surface area contributed by atoms with Gasteiger partial charge in [-0.2, -0.15) is 0 Å². The van der Waals surface area contributed by atoms with E-state index in [0.717, 1.165) is 23.6 Å². The zero-order valence-corrected chi connectivity index (χ0v) is 31.2. The van der Waals surface area contributed by atoms with Crippen LogP contribution in [-0.4, -0.2) is 13.0 Å². The van der Waals surface area contributed by atoms with E-state index < -0.39 is 10.1 Å². The van der Waals surface area contributed by atoms with Gasteiger partial charge in [0.1, 0.15) is 10.1 Å². The Hall–Kier alpha value is -0.390. The molecule has 0 bridgehead atoms. The first kappa shape index (κ1) is 40.6. The first-order valence-corrected chi connectivity index (χ1v) is 19.4. The average Bonchev–Trinajstić information content (AvgIpc) is 2.97. The van der Waals surface area contributed by atoms with Crippen molar-refractivity contribution in [3.8, 4) is 0 Å². The summed E-state index contributed by atoms with van der Waals surface area (Å²) in [6, 6.07) is 9.25. The molecule has 0 spiro atoms. The van der Waals surface area contributed by atoms with Crippen LogP contribution in [0.1, 0.15) is 179 Å². The zero-order chi connectivity index (χ0) is 30.3. The van der Waals surface area contributed by atoms with Crippen molar-refractivity contribution in [2.24, 2.45) is 0 Å². The van der Waals surface area contributed by atoms with Gasteiger partial charge in [-0.15, -0.1) is 0 Å². The molecule has 0 radical (unpaired) electrons. The second-order valence-electron chi connectivity index (χ2n) is 12.9. The summed E-state index contributed by atoms with van der Waals surface area (Å²) in [7, 11) is -4.44. The van der Waals surface area contributed by atoms with Gasteiger partial charge in [0.15, 0.2) is 0 Å². The topological polar surface area (TPSA) is 57.2 Å². The normalized spacial score (nSPS) is 11.7. The summed E-state index contributed by atoms with van der Waals surface area (Å²) in [5.41, 5.74) is 2.76. The Labute approximate surface area is 288 Å². The van der Waals surface area contributed by atoms with Gasteiger partial charge in [0.2, 0.25) is 0 Å². The molecule has 2 rings (SSSR count). The summed E-state index contributed by atoms with van der Waals surface area (Å²) in [6.45, 7) is 4.55. The second-order valence-corrected chi connectivity index (χ2v) is 14.2. The van der Waals surface area contributed by atoms with E-state index in [-0.39, 0.29) is 34.5 Å².